The lowest BCUT2D eigenvalue weighted by Gasteiger charge is -1.97. The molecular weight excluding hydrogens is 232 g/mol. The third kappa shape index (κ3) is 5.82. The minimum absolute atomic E-state index is 0.346. The van der Waals surface area contributed by atoms with Crippen molar-refractivity contribution < 1.29 is 19.4 Å². The highest BCUT2D eigenvalue weighted by Crippen LogP contribution is 2.09. The maximum atomic E-state index is 10.9. The normalized spacial score (nSPS) is 8.38. The van der Waals surface area contributed by atoms with Gasteiger partial charge in [0.25, 0.3) is 0 Å². The maximum Gasteiger partial charge on any atom is 0.337 e. The number of esters is 1. The van der Waals surface area contributed by atoms with Crippen molar-refractivity contribution >= 4 is 23.5 Å². The van der Waals surface area contributed by atoms with Crippen LogP contribution >= 0.6 is 11.6 Å². The average molecular weight is 243 g/mol. The highest BCUT2D eigenvalue weighted by atomic mass is 35.5. The van der Waals surface area contributed by atoms with Crippen LogP contribution in [0, 0.1) is 0 Å². The van der Waals surface area contributed by atoms with Crippen molar-refractivity contribution in [1.82, 2.24) is 0 Å². The lowest BCUT2D eigenvalue weighted by molar-refractivity contribution is -0.131. The van der Waals surface area contributed by atoms with Crippen molar-refractivity contribution in [3.63, 3.8) is 0 Å². The van der Waals surface area contributed by atoms with Gasteiger partial charge in [-0.25, -0.2) is 9.59 Å². The van der Waals surface area contributed by atoms with Crippen molar-refractivity contribution in [2.24, 2.45) is 0 Å². The van der Waals surface area contributed by atoms with Crippen LogP contribution in [0.25, 0.3) is 0 Å². The van der Waals surface area contributed by atoms with Crippen molar-refractivity contribution in [3.05, 3.63) is 47.5 Å². The lowest BCUT2D eigenvalue weighted by atomic mass is 10.2. The van der Waals surface area contributed by atoms with Crippen LogP contribution in [0.15, 0.2) is 36.9 Å². The van der Waals surface area contributed by atoms with Crippen LogP contribution in [0.4, 0.5) is 0 Å². The fraction of sp³-hybridized carbons (Fsp3) is 0.0909. The Bertz CT molecular complexity index is 370. The van der Waals surface area contributed by atoms with E-state index in [9.17, 15) is 9.59 Å². The van der Waals surface area contributed by atoms with Gasteiger partial charge >= 0.3 is 11.9 Å². The molecule has 0 aliphatic heterocycles. The van der Waals surface area contributed by atoms with E-state index in [1.807, 2.05) is 0 Å². The summed E-state index contributed by atoms with van der Waals surface area (Å²) in [5.41, 5.74) is 0.511. The molecule has 0 heterocycles. The van der Waals surface area contributed by atoms with Gasteiger partial charge in [0.1, 0.15) is 0 Å². The SMILES string of the molecule is C=CC(=O)O.COC(=O)c1ccc(Cl)cc1. The molecule has 0 fully saturated rings. The van der Waals surface area contributed by atoms with E-state index in [0.717, 1.165) is 6.08 Å². The van der Waals surface area contributed by atoms with Crippen molar-refractivity contribution in [2.75, 3.05) is 7.11 Å². The minimum atomic E-state index is -0.981. The fourth-order valence-electron chi connectivity index (χ4n) is 0.704. The molecule has 0 spiro atoms. The summed E-state index contributed by atoms with van der Waals surface area (Å²) in [5.74, 6) is -1.33. The first-order valence-electron chi connectivity index (χ1n) is 4.20. The third-order valence-electron chi connectivity index (χ3n) is 1.44. The molecule has 1 rings (SSSR count). The standard InChI is InChI=1S/C8H7ClO2.C3H4O2/c1-11-8(10)6-2-4-7(9)5-3-6;1-2-3(4)5/h2-5H,1H3;2H,1H2,(H,4,5). The lowest BCUT2D eigenvalue weighted by Crippen LogP contribution is -1.99. The molecule has 16 heavy (non-hydrogen) atoms. The summed E-state index contributed by atoms with van der Waals surface area (Å²) < 4.78 is 4.49. The number of benzene rings is 1. The predicted molar refractivity (Wildman–Crippen MR) is 60.6 cm³/mol. The van der Waals surface area contributed by atoms with Gasteiger partial charge in [-0.1, -0.05) is 18.2 Å². The third-order valence-corrected chi connectivity index (χ3v) is 1.69. The summed E-state index contributed by atoms with van der Waals surface area (Å²) in [6.07, 6.45) is 0.833. The summed E-state index contributed by atoms with van der Waals surface area (Å²) in [4.78, 5) is 20.1. The highest BCUT2D eigenvalue weighted by molar-refractivity contribution is 6.30. The molecule has 0 aromatic heterocycles. The zero-order chi connectivity index (χ0) is 12.6. The molecule has 86 valence electrons. The molecule has 0 amide bonds. The molecule has 0 aliphatic carbocycles. The van der Waals surface area contributed by atoms with Gasteiger partial charge in [0.05, 0.1) is 12.7 Å². The van der Waals surface area contributed by atoms with Crippen LogP contribution in [-0.4, -0.2) is 24.2 Å². The van der Waals surface area contributed by atoms with Gasteiger partial charge in [-0.3, -0.25) is 0 Å². The first kappa shape index (κ1) is 14.2. The molecule has 5 heteroatoms. The molecule has 1 N–H and O–H groups in total. The molecule has 0 bridgehead atoms. The second-order valence-electron chi connectivity index (χ2n) is 2.54. The molecule has 0 unspecified atom stereocenters. The molecule has 4 nitrogen and oxygen atoms in total. The molecule has 1 aromatic rings. The first-order chi connectivity index (χ1) is 7.51. The topological polar surface area (TPSA) is 63.6 Å². The predicted octanol–water partition coefficient (Wildman–Crippen LogP) is 2.38. The number of halogens is 1. The van der Waals surface area contributed by atoms with Crippen LogP contribution in [0.2, 0.25) is 5.02 Å². The van der Waals surface area contributed by atoms with Crippen LogP contribution in [0.1, 0.15) is 10.4 Å². The number of carboxylic acid groups (broad SMARTS) is 1. The molecule has 0 atom stereocenters. The number of carbonyl (C=O) groups excluding carboxylic acids is 1. The van der Waals surface area contributed by atoms with Gasteiger partial charge in [-0.2, -0.15) is 0 Å². The van der Waals surface area contributed by atoms with E-state index in [1.165, 1.54) is 7.11 Å². The number of methoxy groups -OCH3 is 1. The van der Waals surface area contributed by atoms with Crippen LogP contribution in [0.3, 0.4) is 0 Å². The van der Waals surface area contributed by atoms with E-state index in [2.05, 4.69) is 11.3 Å². The number of hydrogen-bond acceptors (Lipinski definition) is 3. The monoisotopic (exact) mass is 242 g/mol. The van der Waals surface area contributed by atoms with Crippen LogP contribution < -0.4 is 0 Å². The van der Waals surface area contributed by atoms with E-state index in [1.54, 1.807) is 24.3 Å². The first-order valence-corrected chi connectivity index (χ1v) is 4.58. The number of rotatable bonds is 2. The maximum absolute atomic E-state index is 10.9. The number of ether oxygens (including phenoxy) is 1. The summed E-state index contributed by atoms with van der Waals surface area (Å²) >= 11 is 5.61. The van der Waals surface area contributed by atoms with Gasteiger partial charge in [0, 0.05) is 11.1 Å². The molecule has 0 aliphatic rings. The van der Waals surface area contributed by atoms with Gasteiger partial charge in [-0.05, 0) is 24.3 Å². The van der Waals surface area contributed by atoms with Crippen LogP contribution in [0.5, 0.6) is 0 Å². The number of carbonyl (C=O) groups is 2. The van der Waals surface area contributed by atoms with Crippen molar-refractivity contribution in [2.45, 2.75) is 0 Å². The summed E-state index contributed by atoms with van der Waals surface area (Å²) in [7, 11) is 1.34. The van der Waals surface area contributed by atoms with Gasteiger partial charge < -0.3 is 9.84 Å². The molecular formula is C11H11ClO4. The Hall–Kier alpha value is -1.81. The number of carboxylic acids is 1. The Morgan fingerprint density at radius 2 is 1.81 bits per heavy atom. The Kier molecular flexibility index (Phi) is 6.63. The van der Waals surface area contributed by atoms with Gasteiger partial charge in [-0.15, -0.1) is 0 Å². The molecule has 0 saturated carbocycles. The molecule has 0 radical (unpaired) electrons. The van der Waals surface area contributed by atoms with Crippen LogP contribution in [-0.2, 0) is 9.53 Å². The molecule has 1 aromatic carbocycles. The Labute approximate surface area is 98.1 Å². The van der Waals surface area contributed by atoms with E-state index in [0.29, 0.717) is 10.6 Å². The Morgan fingerprint density at radius 1 is 1.38 bits per heavy atom. The van der Waals surface area contributed by atoms with Crippen molar-refractivity contribution in [3.8, 4) is 0 Å². The second kappa shape index (κ2) is 7.48. The smallest absolute Gasteiger partial charge is 0.337 e. The van der Waals surface area contributed by atoms with Crippen molar-refractivity contribution in [1.29, 1.82) is 0 Å². The quantitative estimate of drug-likeness (QED) is 0.639. The number of hydrogen-bond donors (Lipinski definition) is 1. The largest absolute Gasteiger partial charge is 0.478 e. The summed E-state index contributed by atoms with van der Waals surface area (Å²) in [6.45, 7) is 2.96. The highest BCUT2D eigenvalue weighted by Gasteiger charge is 2.02. The fourth-order valence-corrected chi connectivity index (χ4v) is 0.830. The summed E-state index contributed by atoms with van der Waals surface area (Å²) in [5, 5.41) is 8.21. The van der Waals surface area contributed by atoms with E-state index in [-0.39, 0.29) is 5.97 Å². The Balaban J connectivity index is 0.000000385. The number of aliphatic carboxylic acids is 1. The van der Waals surface area contributed by atoms with E-state index >= 15 is 0 Å². The Morgan fingerprint density at radius 3 is 2.12 bits per heavy atom. The molecule has 0 saturated heterocycles. The van der Waals surface area contributed by atoms with Gasteiger partial charge in [0.15, 0.2) is 0 Å². The zero-order valence-electron chi connectivity index (χ0n) is 8.64. The van der Waals surface area contributed by atoms with E-state index < -0.39 is 5.97 Å². The van der Waals surface area contributed by atoms with Gasteiger partial charge in [0.2, 0.25) is 0 Å². The minimum Gasteiger partial charge on any atom is -0.478 e. The van der Waals surface area contributed by atoms with E-state index in [4.69, 9.17) is 16.7 Å². The summed E-state index contributed by atoms with van der Waals surface area (Å²) in [6, 6.07) is 6.53. The average Bonchev–Trinajstić information content (AvgIpc) is 2.29. The second-order valence-corrected chi connectivity index (χ2v) is 2.98. The zero-order valence-corrected chi connectivity index (χ0v) is 9.40.